The van der Waals surface area contributed by atoms with Gasteiger partial charge in [0.1, 0.15) is 18.3 Å². The molecule has 1 heterocycles. The normalized spacial score (nSPS) is 25.1. The Morgan fingerprint density at radius 2 is 1.00 bits per heavy atom. The van der Waals surface area contributed by atoms with Crippen LogP contribution in [0.15, 0.2) is 91.0 Å². The molecule has 5 heteroatoms. The zero-order valence-corrected chi connectivity index (χ0v) is 20.5. The third-order valence-electron chi connectivity index (χ3n) is 5.87. The van der Waals surface area contributed by atoms with E-state index in [2.05, 4.69) is 59.3 Å². The van der Waals surface area contributed by atoms with Gasteiger partial charge < -0.3 is 18.9 Å². The lowest BCUT2D eigenvalue weighted by atomic mass is 9.95. The Bertz CT molecular complexity index is 938. The van der Waals surface area contributed by atoms with Gasteiger partial charge in [-0.25, -0.2) is 0 Å². The third-order valence-corrected chi connectivity index (χ3v) is 6.51. The van der Waals surface area contributed by atoms with Gasteiger partial charge in [0, 0.05) is 5.33 Å². The Labute approximate surface area is 205 Å². The van der Waals surface area contributed by atoms with Gasteiger partial charge in [-0.3, -0.25) is 0 Å². The van der Waals surface area contributed by atoms with Gasteiger partial charge in [0.25, 0.3) is 0 Å². The number of rotatable bonds is 10. The van der Waals surface area contributed by atoms with E-state index in [9.17, 15) is 0 Å². The topological polar surface area (TPSA) is 36.9 Å². The highest BCUT2D eigenvalue weighted by Gasteiger charge is 2.46. The van der Waals surface area contributed by atoms with Gasteiger partial charge in [0.05, 0.1) is 32.0 Å². The first-order valence-electron chi connectivity index (χ1n) is 11.4. The van der Waals surface area contributed by atoms with E-state index in [1.807, 2.05) is 54.6 Å². The Morgan fingerprint density at radius 3 is 1.42 bits per heavy atom. The van der Waals surface area contributed by atoms with Crippen LogP contribution < -0.4 is 0 Å². The van der Waals surface area contributed by atoms with Crippen LogP contribution in [0.1, 0.15) is 23.6 Å². The first-order chi connectivity index (χ1) is 16.2. The molecule has 0 spiro atoms. The molecular weight excluding hydrogens is 480 g/mol. The van der Waals surface area contributed by atoms with E-state index in [-0.39, 0.29) is 30.5 Å². The standard InChI is InChI=1S/C28H31BrO4/c1-21-26(30-18-22-11-5-2-6-12-22)28(32-20-24-15-9-4-10-16-24)27(25(17-29)33-21)31-19-23-13-7-3-8-14-23/h2-16,21,25-28H,17-20H2,1H3. The van der Waals surface area contributed by atoms with E-state index >= 15 is 0 Å². The minimum atomic E-state index is -0.274. The molecule has 3 aromatic rings. The molecule has 174 valence electrons. The van der Waals surface area contributed by atoms with E-state index in [4.69, 9.17) is 18.9 Å². The van der Waals surface area contributed by atoms with Crippen LogP contribution in [0.25, 0.3) is 0 Å². The molecule has 5 atom stereocenters. The quantitative estimate of drug-likeness (QED) is 0.317. The van der Waals surface area contributed by atoms with Crippen LogP contribution in [0.5, 0.6) is 0 Å². The summed E-state index contributed by atoms with van der Waals surface area (Å²) in [6.45, 7) is 3.53. The summed E-state index contributed by atoms with van der Waals surface area (Å²) < 4.78 is 25.7. The number of alkyl halides is 1. The Morgan fingerprint density at radius 1 is 0.606 bits per heavy atom. The predicted octanol–water partition coefficient (Wildman–Crippen LogP) is 5.92. The average Bonchev–Trinajstić information content (AvgIpc) is 2.87. The second-order valence-corrected chi connectivity index (χ2v) is 8.97. The zero-order valence-electron chi connectivity index (χ0n) is 18.9. The fraction of sp³-hybridized carbons (Fsp3) is 0.357. The molecule has 0 N–H and O–H groups in total. The smallest absolute Gasteiger partial charge is 0.115 e. The van der Waals surface area contributed by atoms with Crippen molar-refractivity contribution < 1.29 is 18.9 Å². The van der Waals surface area contributed by atoms with Gasteiger partial charge in [0.2, 0.25) is 0 Å². The summed E-state index contributed by atoms with van der Waals surface area (Å²) in [5.74, 6) is 0. The Hall–Kier alpha value is -2.02. The lowest BCUT2D eigenvalue weighted by molar-refractivity contribution is -0.256. The monoisotopic (exact) mass is 510 g/mol. The molecule has 1 saturated heterocycles. The largest absolute Gasteiger partial charge is 0.369 e. The fourth-order valence-electron chi connectivity index (χ4n) is 4.14. The summed E-state index contributed by atoms with van der Waals surface area (Å²) in [5.41, 5.74) is 3.36. The molecule has 0 bridgehead atoms. The molecule has 5 unspecified atom stereocenters. The van der Waals surface area contributed by atoms with Crippen molar-refractivity contribution in [1.82, 2.24) is 0 Å². The molecule has 1 fully saturated rings. The molecule has 0 saturated carbocycles. The van der Waals surface area contributed by atoms with Gasteiger partial charge in [-0.05, 0) is 23.6 Å². The number of hydrogen-bond donors (Lipinski definition) is 0. The van der Waals surface area contributed by atoms with Crippen molar-refractivity contribution in [2.45, 2.75) is 57.3 Å². The van der Waals surface area contributed by atoms with Crippen LogP contribution in [0, 0.1) is 0 Å². The minimum absolute atomic E-state index is 0.131. The summed E-state index contributed by atoms with van der Waals surface area (Å²) in [7, 11) is 0. The number of hydrogen-bond acceptors (Lipinski definition) is 4. The fourth-order valence-corrected chi connectivity index (χ4v) is 4.66. The lowest BCUT2D eigenvalue weighted by Crippen LogP contribution is -2.59. The second kappa shape index (κ2) is 12.4. The highest BCUT2D eigenvalue weighted by molar-refractivity contribution is 9.09. The van der Waals surface area contributed by atoms with Crippen molar-refractivity contribution in [1.29, 1.82) is 0 Å². The number of ether oxygens (including phenoxy) is 4. The summed E-state index contributed by atoms with van der Waals surface area (Å²) in [4.78, 5) is 0. The van der Waals surface area contributed by atoms with Crippen LogP contribution in [0.2, 0.25) is 0 Å². The molecule has 4 rings (SSSR count). The summed E-state index contributed by atoms with van der Waals surface area (Å²) in [5, 5.41) is 0.660. The molecule has 1 aliphatic heterocycles. The highest BCUT2D eigenvalue weighted by Crippen LogP contribution is 2.31. The van der Waals surface area contributed by atoms with E-state index < -0.39 is 0 Å². The van der Waals surface area contributed by atoms with Crippen LogP contribution in [0.4, 0.5) is 0 Å². The van der Waals surface area contributed by atoms with Crippen molar-refractivity contribution in [3.63, 3.8) is 0 Å². The maximum atomic E-state index is 6.52. The van der Waals surface area contributed by atoms with E-state index in [1.54, 1.807) is 0 Å². The van der Waals surface area contributed by atoms with E-state index in [0.717, 1.165) is 16.7 Å². The molecule has 0 aromatic heterocycles. The van der Waals surface area contributed by atoms with Gasteiger partial charge >= 0.3 is 0 Å². The van der Waals surface area contributed by atoms with Gasteiger partial charge in [-0.1, -0.05) is 107 Å². The van der Waals surface area contributed by atoms with Gasteiger partial charge in [-0.15, -0.1) is 0 Å². The maximum absolute atomic E-state index is 6.52. The maximum Gasteiger partial charge on any atom is 0.115 e. The van der Waals surface area contributed by atoms with Gasteiger partial charge in [-0.2, -0.15) is 0 Å². The van der Waals surface area contributed by atoms with E-state index in [0.29, 0.717) is 25.2 Å². The lowest BCUT2D eigenvalue weighted by Gasteiger charge is -2.45. The molecule has 1 aliphatic rings. The SMILES string of the molecule is CC1OC(CBr)C(OCc2ccccc2)C(OCc2ccccc2)C1OCc1ccccc1. The van der Waals surface area contributed by atoms with Crippen molar-refractivity contribution in [2.75, 3.05) is 5.33 Å². The molecule has 33 heavy (non-hydrogen) atoms. The van der Waals surface area contributed by atoms with Crippen LogP contribution >= 0.6 is 15.9 Å². The summed E-state index contributed by atoms with van der Waals surface area (Å²) >= 11 is 3.62. The van der Waals surface area contributed by atoms with Crippen LogP contribution in [-0.2, 0) is 38.8 Å². The summed E-state index contributed by atoms with van der Waals surface area (Å²) in [6, 6.07) is 30.6. The molecular formula is C28H31BrO4. The van der Waals surface area contributed by atoms with Crippen molar-refractivity contribution in [3.05, 3.63) is 108 Å². The average molecular weight is 511 g/mol. The minimum Gasteiger partial charge on any atom is -0.369 e. The second-order valence-electron chi connectivity index (χ2n) is 8.32. The Kier molecular flexibility index (Phi) is 9.09. The van der Waals surface area contributed by atoms with Crippen molar-refractivity contribution in [3.8, 4) is 0 Å². The van der Waals surface area contributed by atoms with Crippen molar-refractivity contribution in [2.24, 2.45) is 0 Å². The number of benzene rings is 3. The Balaban J connectivity index is 1.53. The van der Waals surface area contributed by atoms with Crippen LogP contribution in [-0.4, -0.2) is 35.8 Å². The molecule has 0 radical (unpaired) electrons. The zero-order chi connectivity index (χ0) is 22.9. The molecule has 0 amide bonds. The first-order valence-corrected chi connectivity index (χ1v) is 12.5. The first kappa shape index (κ1) is 24.1. The van der Waals surface area contributed by atoms with E-state index in [1.165, 1.54) is 0 Å². The number of halogens is 1. The highest BCUT2D eigenvalue weighted by atomic mass is 79.9. The third kappa shape index (κ3) is 6.75. The predicted molar refractivity (Wildman–Crippen MR) is 133 cm³/mol. The molecule has 0 aliphatic carbocycles. The molecule has 3 aromatic carbocycles. The summed E-state index contributed by atoms with van der Waals surface area (Å²) in [6.07, 6.45) is -1.08. The van der Waals surface area contributed by atoms with Crippen LogP contribution in [0.3, 0.4) is 0 Å². The van der Waals surface area contributed by atoms with Crippen molar-refractivity contribution >= 4 is 15.9 Å². The van der Waals surface area contributed by atoms with Gasteiger partial charge in [0.15, 0.2) is 0 Å². The molecule has 4 nitrogen and oxygen atoms in total.